The van der Waals surface area contributed by atoms with Crippen LogP contribution in [0.5, 0.6) is 5.75 Å². The molecule has 0 spiro atoms. The van der Waals surface area contributed by atoms with Crippen molar-refractivity contribution in [1.29, 1.82) is 0 Å². The normalized spacial score (nSPS) is 12.3. The average molecular weight is 273 g/mol. The van der Waals surface area contributed by atoms with Crippen LogP contribution in [0.3, 0.4) is 0 Å². The number of aryl methyl sites for hydroxylation is 2. The lowest BCUT2D eigenvalue weighted by atomic mass is 10.0. The second-order valence-electron chi connectivity index (χ2n) is 4.87. The van der Waals surface area contributed by atoms with Gasteiger partial charge in [-0.15, -0.1) is 0 Å². The second kappa shape index (κ2) is 7.10. The van der Waals surface area contributed by atoms with Crippen molar-refractivity contribution < 1.29 is 4.74 Å². The summed E-state index contributed by atoms with van der Waals surface area (Å²) in [4.78, 5) is 0. The molecule has 0 amide bonds. The van der Waals surface area contributed by atoms with E-state index in [-0.39, 0.29) is 0 Å². The molecule has 1 N–H and O–H groups in total. The van der Waals surface area contributed by atoms with Gasteiger partial charge in [0.2, 0.25) is 0 Å². The molecule has 1 unspecified atom stereocenters. The molecule has 1 atom stereocenters. The van der Waals surface area contributed by atoms with Gasteiger partial charge in [0.15, 0.2) is 0 Å². The van der Waals surface area contributed by atoms with Gasteiger partial charge >= 0.3 is 0 Å². The van der Waals surface area contributed by atoms with Crippen LogP contribution in [-0.4, -0.2) is 23.4 Å². The SMILES string of the molecule is CCNC(CCc1ccnn1C)c1ccc(OC)cc1. The summed E-state index contributed by atoms with van der Waals surface area (Å²) in [6.45, 7) is 3.10. The lowest BCUT2D eigenvalue weighted by molar-refractivity contribution is 0.414. The maximum absolute atomic E-state index is 5.21. The average Bonchev–Trinajstić information content (AvgIpc) is 2.89. The second-order valence-corrected chi connectivity index (χ2v) is 4.87. The predicted molar refractivity (Wildman–Crippen MR) is 80.9 cm³/mol. The third kappa shape index (κ3) is 3.61. The van der Waals surface area contributed by atoms with Gasteiger partial charge in [-0.05, 0) is 43.1 Å². The minimum Gasteiger partial charge on any atom is -0.497 e. The Morgan fingerprint density at radius 3 is 2.55 bits per heavy atom. The van der Waals surface area contributed by atoms with Crippen LogP contribution < -0.4 is 10.1 Å². The summed E-state index contributed by atoms with van der Waals surface area (Å²) < 4.78 is 7.15. The molecular weight excluding hydrogens is 250 g/mol. The fraction of sp³-hybridized carbons (Fsp3) is 0.438. The lowest BCUT2D eigenvalue weighted by Gasteiger charge is -2.18. The van der Waals surface area contributed by atoms with E-state index in [9.17, 15) is 0 Å². The topological polar surface area (TPSA) is 39.1 Å². The fourth-order valence-electron chi connectivity index (χ4n) is 2.41. The number of hydrogen-bond acceptors (Lipinski definition) is 3. The first-order valence-corrected chi connectivity index (χ1v) is 7.08. The fourth-order valence-corrected chi connectivity index (χ4v) is 2.41. The summed E-state index contributed by atoms with van der Waals surface area (Å²) in [6.07, 6.45) is 3.92. The zero-order chi connectivity index (χ0) is 14.4. The standard InChI is InChI=1S/C16H23N3O/c1-4-17-16(10-7-14-11-12-18-19(14)2)13-5-8-15(20-3)9-6-13/h5-6,8-9,11-12,16-17H,4,7,10H2,1-3H3. The van der Waals surface area contributed by atoms with Gasteiger partial charge in [0, 0.05) is 25.0 Å². The van der Waals surface area contributed by atoms with Crippen LogP contribution in [0.4, 0.5) is 0 Å². The van der Waals surface area contributed by atoms with E-state index in [1.807, 2.05) is 30.1 Å². The van der Waals surface area contributed by atoms with Gasteiger partial charge in [-0.1, -0.05) is 19.1 Å². The number of ether oxygens (including phenoxy) is 1. The molecule has 2 rings (SSSR count). The van der Waals surface area contributed by atoms with Gasteiger partial charge in [-0.3, -0.25) is 4.68 Å². The molecule has 0 saturated carbocycles. The summed E-state index contributed by atoms with van der Waals surface area (Å²) in [7, 11) is 3.68. The highest BCUT2D eigenvalue weighted by atomic mass is 16.5. The van der Waals surface area contributed by atoms with Crippen molar-refractivity contribution >= 4 is 0 Å². The van der Waals surface area contributed by atoms with Crippen LogP contribution in [0.1, 0.15) is 30.6 Å². The summed E-state index contributed by atoms with van der Waals surface area (Å²) in [5.74, 6) is 0.899. The number of hydrogen-bond donors (Lipinski definition) is 1. The zero-order valence-electron chi connectivity index (χ0n) is 12.5. The van der Waals surface area contributed by atoms with Gasteiger partial charge in [-0.2, -0.15) is 5.10 Å². The molecule has 4 heteroatoms. The molecular formula is C16H23N3O. The Labute approximate surface area is 120 Å². The molecule has 108 valence electrons. The summed E-state index contributed by atoms with van der Waals surface area (Å²) >= 11 is 0. The first kappa shape index (κ1) is 14.6. The minimum absolute atomic E-state index is 0.362. The molecule has 2 aromatic rings. The monoisotopic (exact) mass is 273 g/mol. The Morgan fingerprint density at radius 2 is 2.00 bits per heavy atom. The highest BCUT2D eigenvalue weighted by Gasteiger charge is 2.11. The van der Waals surface area contributed by atoms with Gasteiger partial charge in [0.05, 0.1) is 7.11 Å². The molecule has 0 fully saturated rings. The van der Waals surface area contributed by atoms with Gasteiger partial charge in [-0.25, -0.2) is 0 Å². The van der Waals surface area contributed by atoms with Crippen LogP contribution in [0.2, 0.25) is 0 Å². The molecule has 0 aliphatic rings. The van der Waals surface area contributed by atoms with Crippen molar-refractivity contribution in [3.05, 3.63) is 47.8 Å². The van der Waals surface area contributed by atoms with Crippen molar-refractivity contribution in [1.82, 2.24) is 15.1 Å². The lowest BCUT2D eigenvalue weighted by Crippen LogP contribution is -2.21. The van der Waals surface area contributed by atoms with E-state index in [1.54, 1.807) is 7.11 Å². The first-order chi connectivity index (χ1) is 9.74. The van der Waals surface area contributed by atoms with Crippen molar-refractivity contribution in [3.8, 4) is 5.75 Å². The highest BCUT2D eigenvalue weighted by Crippen LogP contribution is 2.21. The third-order valence-electron chi connectivity index (χ3n) is 3.58. The van der Waals surface area contributed by atoms with Crippen LogP contribution in [0, 0.1) is 0 Å². The Balaban J connectivity index is 2.04. The Bertz CT molecular complexity index is 519. The smallest absolute Gasteiger partial charge is 0.118 e. The number of nitrogens with zero attached hydrogens (tertiary/aromatic N) is 2. The minimum atomic E-state index is 0.362. The molecule has 1 heterocycles. The van der Waals surface area contributed by atoms with Gasteiger partial charge < -0.3 is 10.1 Å². The van der Waals surface area contributed by atoms with Crippen molar-refractivity contribution in [2.75, 3.05) is 13.7 Å². The molecule has 4 nitrogen and oxygen atoms in total. The molecule has 0 saturated heterocycles. The summed E-state index contributed by atoms with van der Waals surface area (Å²) in [5, 5.41) is 7.76. The van der Waals surface area contributed by atoms with Crippen LogP contribution in [0.25, 0.3) is 0 Å². The van der Waals surface area contributed by atoms with Gasteiger partial charge in [0.25, 0.3) is 0 Å². The number of benzene rings is 1. The van der Waals surface area contributed by atoms with Crippen LogP contribution >= 0.6 is 0 Å². The zero-order valence-corrected chi connectivity index (χ0v) is 12.5. The Morgan fingerprint density at radius 1 is 1.25 bits per heavy atom. The van der Waals surface area contributed by atoms with E-state index in [0.717, 1.165) is 25.1 Å². The third-order valence-corrected chi connectivity index (χ3v) is 3.58. The van der Waals surface area contributed by atoms with E-state index >= 15 is 0 Å². The van der Waals surface area contributed by atoms with E-state index in [4.69, 9.17) is 4.74 Å². The number of methoxy groups -OCH3 is 1. The molecule has 0 aliphatic heterocycles. The van der Waals surface area contributed by atoms with Gasteiger partial charge in [0.1, 0.15) is 5.75 Å². The maximum Gasteiger partial charge on any atom is 0.118 e. The van der Waals surface area contributed by atoms with Crippen molar-refractivity contribution in [2.24, 2.45) is 7.05 Å². The van der Waals surface area contributed by atoms with Crippen LogP contribution in [-0.2, 0) is 13.5 Å². The number of nitrogens with one attached hydrogen (secondary N) is 1. The molecule has 20 heavy (non-hydrogen) atoms. The Kier molecular flexibility index (Phi) is 5.18. The Hall–Kier alpha value is -1.81. The maximum atomic E-state index is 5.21. The first-order valence-electron chi connectivity index (χ1n) is 7.08. The van der Waals surface area contributed by atoms with Crippen molar-refractivity contribution in [2.45, 2.75) is 25.8 Å². The predicted octanol–water partition coefficient (Wildman–Crippen LogP) is 2.71. The summed E-state index contributed by atoms with van der Waals surface area (Å²) in [5.41, 5.74) is 2.57. The van der Waals surface area contributed by atoms with Crippen molar-refractivity contribution in [3.63, 3.8) is 0 Å². The molecule has 1 aromatic carbocycles. The number of aromatic nitrogens is 2. The molecule has 0 radical (unpaired) electrons. The molecule has 0 aliphatic carbocycles. The van der Waals surface area contributed by atoms with E-state index in [2.05, 4.69) is 35.5 Å². The largest absolute Gasteiger partial charge is 0.497 e. The van der Waals surface area contributed by atoms with E-state index < -0.39 is 0 Å². The molecule has 0 bridgehead atoms. The van der Waals surface area contributed by atoms with Crippen LogP contribution in [0.15, 0.2) is 36.5 Å². The van der Waals surface area contributed by atoms with E-state index in [0.29, 0.717) is 6.04 Å². The highest BCUT2D eigenvalue weighted by molar-refractivity contribution is 5.29. The number of rotatable bonds is 7. The quantitative estimate of drug-likeness (QED) is 0.843. The summed E-state index contributed by atoms with van der Waals surface area (Å²) in [6, 6.07) is 10.7. The molecule has 1 aromatic heterocycles. The van der Waals surface area contributed by atoms with E-state index in [1.165, 1.54) is 11.3 Å².